The molecule has 3 rings (SSSR count). The van der Waals surface area contributed by atoms with Crippen molar-refractivity contribution >= 4 is 11.6 Å². The summed E-state index contributed by atoms with van der Waals surface area (Å²) < 4.78 is 0. The Labute approximate surface area is 124 Å². The lowest BCUT2D eigenvalue weighted by Gasteiger charge is -2.22. The number of nitrogens with two attached hydrogens (primary N) is 1. The van der Waals surface area contributed by atoms with Crippen LogP contribution in [0.15, 0.2) is 53.4 Å². The van der Waals surface area contributed by atoms with Crippen LogP contribution in [0.2, 0.25) is 0 Å². The highest BCUT2D eigenvalue weighted by molar-refractivity contribution is 5.95. The first-order chi connectivity index (χ1) is 10.2. The van der Waals surface area contributed by atoms with Crippen LogP contribution < -0.4 is 10.6 Å². The number of allylic oxidation sites excluding steroid dienone is 1. The monoisotopic (exact) mass is 285 g/mol. The first-order valence-corrected chi connectivity index (χ1v) is 7.14. The zero-order valence-electron chi connectivity index (χ0n) is 11.8. The van der Waals surface area contributed by atoms with Crippen molar-refractivity contribution in [1.29, 1.82) is 0 Å². The lowest BCUT2D eigenvalue weighted by Crippen LogP contribution is -2.33. The van der Waals surface area contributed by atoms with E-state index in [1.807, 2.05) is 30.3 Å². The van der Waals surface area contributed by atoms with E-state index in [0.29, 0.717) is 37.3 Å². The number of rotatable bonds is 2. The highest BCUT2D eigenvalue weighted by Gasteiger charge is 2.29. The van der Waals surface area contributed by atoms with Crippen LogP contribution in [-0.4, -0.2) is 35.7 Å². The van der Waals surface area contributed by atoms with E-state index in [-0.39, 0.29) is 11.7 Å². The highest BCUT2D eigenvalue weighted by atomic mass is 16.3. The molecule has 110 valence electrons. The van der Waals surface area contributed by atoms with Gasteiger partial charge in [0, 0.05) is 18.8 Å². The zero-order chi connectivity index (χ0) is 14.8. The number of aliphatic hydroxyl groups excluding tert-OH is 1. The van der Waals surface area contributed by atoms with Crippen molar-refractivity contribution in [2.24, 2.45) is 5.73 Å². The Bertz CT molecular complexity index is 607. The van der Waals surface area contributed by atoms with Crippen LogP contribution in [0.1, 0.15) is 12.8 Å². The van der Waals surface area contributed by atoms with Crippen molar-refractivity contribution in [3.8, 4) is 0 Å². The van der Waals surface area contributed by atoms with Crippen LogP contribution in [0.4, 0.5) is 5.69 Å². The Kier molecular flexibility index (Phi) is 3.56. The quantitative estimate of drug-likeness (QED) is 0.868. The summed E-state index contributed by atoms with van der Waals surface area (Å²) in [6, 6.07) is 10.0. The predicted octanol–water partition coefficient (Wildman–Crippen LogP) is 1.74. The summed E-state index contributed by atoms with van der Waals surface area (Å²) >= 11 is 0. The predicted molar refractivity (Wildman–Crippen MR) is 81.5 cm³/mol. The summed E-state index contributed by atoms with van der Waals surface area (Å²) in [5.74, 6) is -0.161. The molecule has 0 aromatic heterocycles. The molecule has 3 N–H and O–H groups in total. The van der Waals surface area contributed by atoms with Crippen molar-refractivity contribution in [3.05, 3.63) is 53.4 Å². The minimum absolute atomic E-state index is 0.0515. The minimum Gasteiger partial charge on any atom is -0.505 e. The summed E-state index contributed by atoms with van der Waals surface area (Å²) in [4.78, 5) is 16.4. The normalized spacial score (nSPS) is 19.0. The molecule has 0 saturated carbocycles. The molecule has 0 atom stereocenters. The Morgan fingerprint density at radius 3 is 2.71 bits per heavy atom. The molecule has 1 aromatic rings. The topological polar surface area (TPSA) is 69.8 Å². The van der Waals surface area contributed by atoms with Gasteiger partial charge in [0.1, 0.15) is 5.76 Å². The van der Waals surface area contributed by atoms with Gasteiger partial charge in [-0.05, 0) is 25.0 Å². The van der Waals surface area contributed by atoms with E-state index >= 15 is 0 Å². The average Bonchev–Trinajstić information content (AvgIpc) is 3.00. The van der Waals surface area contributed by atoms with Crippen molar-refractivity contribution in [3.63, 3.8) is 0 Å². The molecule has 21 heavy (non-hydrogen) atoms. The number of para-hydroxylation sites is 1. The Balaban J connectivity index is 1.73. The van der Waals surface area contributed by atoms with E-state index in [4.69, 9.17) is 5.73 Å². The number of carbonyl (C=O) groups is 1. The zero-order valence-corrected chi connectivity index (χ0v) is 11.8. The molecule has 1 aliphatic carbocycles. The average molecular weight is 285 g/mol. The summed E-state index contributed by atoms with van der Waals surface area (Å²) in [5.41, 5.74) is 7.55. The molecular weight excluding hydrogens is 266 g/mol. The third-order valence-corrected chi connectivity index (χ3v) is 3.97. The molecule has 1 heterocycles. The van der Waals surface area contributed by atoms with Gasteiger partial charge in [-0.2, -0.15) is 0 Å². The van der Waals surface area contributed by atoms with Gasteiger partial charge in [-0.15, -0.1) is 0 Å². The SMILES string of the molecule is NC1=CCCC(C(=O)N2CCN(c3ccccc3)C2)=C1O. The molecule has 1 fully saturated rings. The Morgan fingerprint density at radius 1 is 1.19 bits per heavy atom. The molecule has 0 radical (unpaired) electrons. The fraction of sp³-hybridized carbons (Fsp3) is 0.312. The van der Waals surface area contributed by atoms with Crippen LogP contribution in [0.5, 0.6) is 0 Å². The van der Waals surface area contributed by atoms with Gasteiger partial charge in [-0.25, -0.2) is 0 Å². The van der Waals surface area contributed by atoms with Gasteiger partial charge in [-0.1, -0.05) is 24.3 Å². The third kappa shape index (κ3) is 2.59. The van der Waals surface area contributed by atoms with E-state index in [9.17, 15) is 9.90 Å². The molecule has 2 aliphatic rings. The fourth-order valence-corrected chi connectivity index (χ4v) is 2.76. The first-order valence-electron chi connectivity index (χ1n) is 7.14. The number of amides is 1. The molecule has 0 spiro atoms. The number of nitrogens with zero attached hydrogens (tertiary/aromatic N) is 2. The minimum atomic E-state index is -0.109. The lowest BCUT2D eigenvalue weighted by molar-refractivity contribution is -0.126. The van der Waals surface area contributed by atoms with E-state index in [1.165, 1.54) is 0 Å². The number of carbonyl (C=O) groups excluding carboxylic acids is 1. The number of anilines is 1. The number of hydrogen-bond acceptors (Lipinski definition) is 4. The van der Waals surface area contributed by atoms with E-state index in [0.717, 1.165) is 12.2 Å². The van der Waals surface area contributed by atoms with Gasteiger partial charge in [0.25, 0.3) is 5.91 Å². The molecule has 1 aliphatic heterocycles. The fourth-order valence-electron chi connectivity index (χ4n) is 2.76. The molecule has 1 amide bonds. The van der Waals surface area contributed by atoms with Gasteiger partial charge in [0.2, 0.25) is 0 Å². The molecule has 1 aromatic carbocycles. The molecule has 5 heteroatoms. The van der Waals surface area contributed by atoms with Gasteiger partial charge >= 0.3 is 0 Å². The summed E-state index contributed by atoms with van der Waals surface area (Å²) in [6.07, 6.45) is 3.01. The number of hydrogen-bond donors (Lipinski definition) is 2. The standard InChI is InChI=1S/C16H19N3O2/c17-14-8-4-7-13(15(14)20)16(21)19-10-9-18(11-19)12-5-2-1-3-6-12/h1-3,5-6,8,20H,4,7,9-11,17H2. The summed E-state index contributed by atoms with van der Waals surface area (Å²) in [5, 5.41) is 9.98. The lowest BCUT2D eigenvalue weighted by atomic mass is 10.0. The molecule has 0 bridgehead atoms. The van der Waals surface area contributed by atoms with Gasteiger partial charge in [0.15, 0.2) is 0 Å². The summed E-state index contributed by atoms with van der Waals surface area (Å²) in [6.45, 7) is 2.01. The molecule has 1 saturated heterocycles. The highest BCUT2D eigenvalue weighted by Crippen LogP contribution is 2.25. The van der Waals surface area contributed by atoms with E-state index in [1.54, 1.807) is 11.0 Å². The second-order valence-electron chi connectivity index (χ2n) is 5.33. The van der Waals surface area contributed by atoms with Gasteiger partial charge < -0.3 is 20.6 Å². The van der Waals surface area contributed by atoms with Crippen LogP contribution in [0.3, 0.4) is 0 Å². The van der Waals surface area contributed by atoms with Crippen molar-refractivity contribution in [2.45, 2.75) is 12.8 Å². The number of benzene rings is 1. The second kappa shape index (κ2) is 5.52. The second-order valence-corrected chi connectivity index (χ2v) is 5.33. The maximum Gasteiger partial charge on any atom is 0.255 e. The third-order valence-electron chi connectivity index (χ3n) is 3.97. The smallest absolute Gasteiger partial charge is 0.255 e. The Hall–Kier alpha value is -2.43. The van der Waals surface area contributed by atoms with Crippen molar-refractivity contribution < 1.29 is 9.90 Å². The first kappa shape index (κ1) is 13.5. The Morgan fingerprint density at radius 2 is 1.95 bits per heavy atom. The molecule has 5 nitrogen and oxygen atoms in total. The van der Waals surface area contributed by atoms with E-state index in [2.05, 4.69) is 4.90 Å². The maximum atomic E-state index is 12.5. The van der Waals surface area contributed by atoms with Crippen LogP contribution >= 0.6 is 0 Å². The van der Waals surface area contributed by atoms with Gasteiger partial charge in [0.05, 0.1) is 17.9 Å². The summed E-state index contributed by atoms with van der Waals surface area (Å²) in [7, 11) is 0. The van der Waals surface area contributed by atoms with Crippen molar-refractivity contribution in [1.82, 2.24) is 4.90 Å². The maximum absolute atomic E-state index is 12.5. The molecular formula is C16H19N3O2. The van der Waals surface area contributed by atoms with Crippen LogP contribution in [-0.2, 0) is 4.79 Å². The largest absolute Gasteiger partial charge is 0.505 e. The van der Waals surface area contributed by atoms with Crippen molar-refractivity contribution in [2.75, 3.05) is 24.7 Å². The van der Waals surface area contributed by atoms with Crippen LogP contribution in [0.25, 0.3) is 0 Å². The van der Waals surface area contributed by atoms with Crippen LogP contribution in [0, 0.1) is 0 Å². The number of aliphatic hydroxyl groups is 1. The van der Waals surface area contributed by atoms with Gasteiger partial charge in [-0.3, -0.25) is 4.79 Å². The molecule has 0 unspecified atom stereocenters. The van der Waals surface area contributed by atoms with E-state index < -0.39 is 0 Å².